The zero-order valence-electron chi connectivity index (χ0n) is 16.2. The molecule has 4 rings (SSSR count). The van der Waals surface area contributed by atoms with Crippen molar-refractivity contribution in [3.8, 4) is 16.2 Å². The Morgan fingerprint density at radius 3 is 2.28 bits per heavy atom. The number of benzene rings is 3. The average Bonchev–Trinajstić information content (AvgIpc) is 3.16. The molecule has 0 fully saturated rings. The van der Waals surface area contributed by atoms with Gasteiger partial charge in [0.15, 0.2) is 0 Å². The second-order valence-electron chi connectivity index (χ2n) is 6.52. The molecule has 0 unspecified atom stereocenters. The molecule has 4 heteroatoms. The molecule has 0 aliphatic carbocycles. The molecule has 0 atom stereocenters. The van der Waals surface area contributed by atoms with Crippen molar-refractivity contribution < 1.29 is 14.3 Å². The first-order valence-electron chi connectivity index (χ1n) is 9.22. The smallest absolute Gasteiger partial charge is 0.337 e. The summed E-state index contributed by atoms with van der Waals surface area (Å²) in [5.41, 5.74) is 3.92. The zero-order valence-corrected chi connectivity index (χ0v) is 17.0. The third-order valence-corrected chi connectivity index (χ3v) is 6.00. The summed E-state index contributed by atoms with van der Waals surface area (Å²) >= 11 is 1.78. The Hall–Kier alpha value is -3.37. The number of hydrogen-bond acceptors (Lipinski definition) is 4. The number of fused-ring (bicyclic) bond motifs is 1. The number of esters is 1. The summed E-state index contributed by atoms with van der Waals surface area (Å²) in [6, 6.07) is 24.0. The van der Waals surface area contributed by atoms with Gasteiger partial charge in [-0.25, -0.2) is 4.79 Å². The molecule has 4 aromatic rings. The van der Waals surface area contributed by atoms with Crippen molar-refractivity contribution in [1.29, 1.82) is 0 Å². The van der Waals surface area contributed by atoms with Crippen molar-refractivity contribution in [3.63, 3.8) is 0 Å². The second kappa shape index (κ2) is 8.33. The van der Waals surface area contributed by atoms with E-state index in [4.69, 9.17) is 9.47 Å². The number of thiophene rings is 1. The lowest BCUT2D eigenvalue weighted by Crippen LogP contribution is -2.00. The maximum Gasteiger partial charge on any atom is 0.337 e. The molecular weight excluding hydrogens is 380 g/mol. The molecule has 0 radical (unpaired) electrons. The van der Waals surface area contributed by atoms with Crippen LogP contribution in [0.2, 0.25) is 0 Å². The van der Waals surface area contributed by atoms with E-state index in [1.807, 2.05) is 24.3 Å². The molecule has 0 amide bonds. The zero-order chi connectivity index (χ0) is 20.2. The summed E-state index contributed by atoms with van der Waals surface area (Å²) in [4.78, 5) is 12.8. The van der Waals surface area contributed by atoms with Crippen LogP contribution < -0.4 is 4.74 Å². The number of carbonyl (C=O) groups excluding carboxylic acids is 1. The van der Waals surface area contributed by atoms with Crippen LogP contribution in [0.15, 0.2) is 72.8 Å². The minimum absolute atomic E-state index is 0.328. The van der Waals surface area contributed by atoms with Gasteiger partial charge < -0.3 is 9.47 Å². The van der Waals surface area contributed by atoms with E-state index < -0.39 is 0 Å². The molecule has 0 spiro atoms. The van der Waals surface area contributed by atoms with Crippen molar-refractivity contribution in [1.82, 2.24) is 0 Å². The van der Waals surface area contributed by atoms with E-state index in [1.54, 1.807) is 30.6 Å². The predicted octanol–water partition coefficient (Wildman–Crippen LogP) is 6.53. The number of rotatable bonds is 5. The minimum Gasteiger partial charge on any atom is -0.497 e. The normalized spacial score (nSPS) is 11.1. The van der Waals surface area contributed by atoms with E-state index in [-0.39, 0.29) is 5.97 Å². The minimum atomic E-state index is -0.328. The Kier molecular flexibility index (Phi) is 5.45. The Bertz CT molecular complexity index is 1170. The summed E-state index contributed by atoms with van der Waals surface area (Å²) in [6.45, 7) is 0. The lowest BCUT2D eigenvalue weighted by Gasteiger charge is -2.04. The van der Waals surface area contributed by atoms with Crippen molar-refractivity contribution in [3.05, 3.63) is 89.5 Å². The van der Waals surface area contributed by atoms with Crippen molar-refractivity contribution >= 4 is 39.5 Å². The van der Waals surface area contributed by atoms with Gasteiger partial charge in [-0.1, -0.05) is 42.5 Å². The summed E-state index contributed by atoms with van der Waals surface area (Å²) in [6.07, 6.45) is 4.22. The molecule has 3 nitrogen and oxygen atoms in total. The first kappa shape index (κ1) is 19.0. The van der Waals surface area contributed by atoms with Crippen LogP contribution in [0.3, 0.4) is 0 Å². The van der Waals surface area contributed by atoms with Crippen LogP contribution in [0.25, 0.3) is 32.7 Å². The number of carbonyl (C=O) groups is 1. The van der Waals surface area contributed by atoms with Gasteiger partial charge in [-0.3, -0.25) is 0 Å². The topological polar surface area (TPSA) is 35.5 Å². The first-order valence-corrected chi connectivity index (χ1v) is 10.0. The Morgan fingerprint density at radius 2 is 1.59 bits per heavy atom. The highest BCUT2D eigenvalue weighted by atomic mass is 32.1. The van der Waals surface area contributed by atoms with E-state index >= 15 is 0 Å². The summed E-state index contributed by atoms with van der Waals surface area (Å²) in [5.74, 6) is 0.517. The highest BCUT2D eigenvalue weighted by molar-refractivity contribution is 7.22. The van der Waals surface area contributed by atoms with Crippen LogP contribution >= 0.6 is 11.3 Å². The van der Waals surface area contributed by atoms with Crippen molar-refractivity contribution in [2.24, 2.45) is 0 Å². The van der Waals surface area contributed by atoms with E-state index in [2.05, 4.69) is 48.6 Å². The summed E-state index contributed by atoms with van der Waals surface area (Å²) < 4.78 is 11.3. The van der Waals surface area contributed by atoms with Crippen molar-refractivity contribution in [2.75, 3.05) is 14.2 Å². The van der Waals surface area contributed by atoms with Gasteiger partial charge in [-0.05, 0) is 53.6 Å². The standard InChI is InChI=1S/C25H20O3S/c1-27-20-14-12-18(13-15-20)24-22(21-5-3-4-6-23(21)29-24)16-9-17-7-10-19(11-8-17)25(26)28-2/h3-16H,1-2H3/b16-9+. The summed E-state index contributed by atoms with van der Waals surface area (Å²) in [7, 11) is 3.06. The van der Waals surface area contributed by atoms with E-state index in [9.17, 15) is 4.79 Å². The molecule has 3 aromatic carbocycles. The second-order valence-corrected chi connectivity index (χ2v) is 7.57. The van der Waals surface area contributed by atoms with Crippen molar-refractivity contribution in [2.45, 2.75) is 0 Å². The molecule has 144 valence electrons. The SMILES string of the molecule is COC(=O)c1ccc(/C=C/c2c(-c3ccc(OC)cc3)sc3ccccc23)cc1. The van der Waals surface area contributed by atoms with Gasteiger partial charge in [0.2, 0.25) is 0 Å². The van der Waals surface area contributed by atoms with Gasteiger partial charge in [-0.2, -0.15) is 0 Å². The maximum absolute atomic E-state index is 11.6. The maximum atomic E-state index is 11.6. The fourth-order valence-corrected chi connectivity index (χ4v) is 4.41. The quantitative estimate of drug-likeness (QED) is 0.357. The predicted molar refractivity (Wildman–Crippen MR) is 121 cm³/mol. The van der Waals surface area contributed by atoms with Gasteiger partial charge in [0.05, 0.1) is 19.8 Å². The average molecular weight is 400 g/mol. The molecule has 0 aliphatic rings. The number of ether oxygens (including phenoxy) is 2. The molecule has 1 heterocycles. The first-order chi connectivity index (χ1) is 14.2. The molecule has 29 heavy (non-hydrogen) atoms. The molecule has 0 bridgehead atoms. The Balaban J connectivity index is 1.74. The lowest BCUT2D eigenvalue weighted by atomic mass is 10.0. The lowest BCUT2D eigenvalue weighted by molar-refractivity contribution is 0.0600. The van der Waals surface area contributed by atoms with E-state index in [0.29, 0.717) is 5.56 Å². The Morgan fingerprint density at radius 1 is 0.862 bits per heavy atom. The molecule has 0 aliphatic heterocycles. The number of methoxy groups -OCH3 is 2. The van der Waals surface area contributed by atoms with Gasteiger partial charge in [-0.15, -0.1) is 11.3 Å². The van der Waals surface area contributed by atoms with Crippen LogP contribution in [0.1, 0.15) is 21.5 Å². The van der Waals surface area contributed by atoms with Gasteiger partial charge in [0.25, 0.3) is 0 Å². The number of hydrogen-bond donors (Lipinski definition) is 0. The van der Waals surface area contributed by atoms with Gasteiger partial charge in [0.1, 0.15) is 5.75 Å². The molecule has 0 N–H and O–H groups in total. The fourth-order valence-electron chi connectivity index (χ4n) is 3.22. The van der Waals surface area contributed by atoms with Gasteiger partial charge >= 0.3 is 5.97 Å². The molecule has 1 aromatic heterocycles. The highest BCUT2D eigenvalue weighted by Gasteiger charge is 2.12. The third-order valence-electron chi connectivity index (χ3n) is 4.76. The van der Waals surface area contributed by atoms with Crippen LogP contribution in [0, 0.1) is 0 Å². The molecule has 0 saturated heterocycles. The third kappa shape index (κ3) is 3.93. The molecular formula is C25H20O3S. The summed E-state index contributed by atoms with van der Waals surface area (Å²) in [5, 5.41) is 1.23. The van der Waals surface area contributed by atoms with Crippen LogP contribution in [0.4, 0.5) is 0 Å². The van der Waals surface area contributed by atoms with Crippen LogP contribution in [0.5, 0.6) is 5.75 Å². The monoisotopic (exact) mass is 400 g/mol. The van der Waals surface area contributed by atoms with Gasteiger partial charge in [0, 0.05) is 20.5 Å². The Labute approximate surface area is 173 Å². The molecule has 0 saturated carbocycles. The largest absolute Gasteiger partial charge is 0.497 e. The van der Waals surface area contributed by atoms with E-state index in [1.165, 1.54) is 27.6 Å². The highest BCUT2D eigenvalue weighted by Crippen LogP contribution is 2.40. The van der Waals surface area contributed by atoms with E-state index in [0.717, 1.165) is 16.9 Å². The van der Waals surface area contributed by atoms with Crippen LogP contribution in [-0.4, -0.2) is 20.2 Å². The fraction of sp³-hybridized carbons (Fsp3) is 0.0800. The van der Waals surface area contributed by atoms with Crippen LogP contribution in [-0.2, 0) is 4.74 Å².